The zero-order valence-corrected chi connectivity index (χ0v) is 19.9. The van der Waals surface area contributed by atoms with Crippen molar-refractivity contribution in [3.63, 3.8) is 0 Å². The van der Waals surface area contributed by atoms with Crippen molar-refractivity contribution in [1.82, 2.24) is 15.8 Å². The number of anilines is 1. The number of nitrogens with two attached hydrogens (primary N) is 1. The van der Waals surface area contributed by atoms with Gasteiger partial charge in [0, 0.05) is 25.6 Å². The first-order valence-electron chi connectivity index (χ1n) is 11.3. The maximum Gasteiger partial charge on any atom is 0.285 e. The number of benzene rings is 1. The largest absolute Gasteiger partial charge is 0.756 e. The Labute approximate surface area is 202 Å². The summed E-state index contributed by atoms with van der Waals surface area (Å²) in [4.78, 5) is 31.7. The van der Waals surface area contributed by atoms with Crippen LogP contribution in [-0.2, 0) is 33.6 Å². The number of rotatable bonds is 9. The van der Waals surface area contributed by atoms with Crippen LogP contribution in [0.2, 0.25) is 0 Å². The van der Waals surface area contributed by atoms with Gasteiger partial charge in [0.1, 0.15) is 5.56 Å². The van der Waals surface area contributed by atoms with E-state index >= 15 is 0 Å². The Balaban J connectivity index is 1.37. The summed E-state index contributed by atoms with van der Waals surface area (Å²) in [6.07, 6.45) is 4.95. The van der Waals surface area contributed by atoms with Gasteiger partial charge in [0.25, 0.3) is 13.6 Å². The molecule has 1 saturated heterocycles. The Hall–Kier alpha value is -3.08. The number of phosphoric acid groups is 1. The molecule has 2 atom stereocenters. The number of aromatic nitrogens is 2. The molecule has 1 aromatic carbocycles. The molecule has 0 bridgehead atoms. The van der Waals surface area contributed by atoms with Crippen LogP contribution >= 0.6 is 7.82 Å². The van der Waals surface area contributed by atoms with Crippen molar-refractivity contribution in [2.45, 2.75) is 45.0 Å². The predicted molar refractivity (Wildman–Crippen MR) is 124 cm³/mol. The Morgan fingerprint density at radius 1 is 1.29 bits per heavy atom. The van der Waals surface area contributed by atoms with E-state index in [1.807, 2.05) is 24.3 Å². The van der Waals surface area contributed by atoms with Gasteiger partial charge in [0.05, 0.1) is 17.9 Å². The third-order valence-corrected chi connectivity index (χ3v) is 6.24. The van der Waals surface area contributed by atoms with E-state index in [1.165, 1.54) is 10.8 Å². The Bertz CT molecular complexity index is 1210. The van der Waals surface area contributed by atoms with E-state index in [4.69, 9.17) is 15.2 Å². The molecule has 1 amide bonds. The minimum absolute atomic E-state index is 0.0665. The van der Waals surface area contributed by atoms with Crippen LogP contribution in [0.3, 0.4) is 0 Å². The van der Waals surface area contributed by atoms with E-state index in [9.17, 15) is 14.3 Å². The maximum absolute atomic E-state index is 12.1. The molecule has 186 valence electrons. The van der Waals surface area contributed by atoms with Crippen LogP contribution in [0.1, 0.15) is 36.1 Å². The molecule has 0 saturated carbocycles. The molecule has 1 aliphatic heterocycles. The number of pyridine rings is 1. The summed E-state index contributed by atoms with van der Waals surface area (Å²) in [6, 6.07) is 13.0. The van der Waals surface area contributed by atoms with Crippen LogP contribution in [0.15, 0.2) is 53.2 Å². The Morgan fingerprint density at radius 3 is 2.83 bits per heavy atom. The third-order valence-electron chi connectivity index (χ3n) is 5.79. The number of nitrogens with one attached hydrogen (secondary N) is 2. The van der Waals surface area contributed by atoms with Crippen molar-refractivity contribution in [3.8, 4) is 11.3 Å². The molecule has 5 N–H and O–H groups in total. The van der Waals surface area contributed by atoms with E-state index in [1.54, 1.807) is 18.2 Å². The fourth-order valence-corrected chi connectivity index (χ4v) is 4.17. The Morgan fingerprint density at radius 2 is 2.06 bits per heavy atom. The van der Waals surface area contributed by atoms with Crippen molar-refractivity contribution in [1.29, 1.82) is 0 Å². The van der Waals surface area contributed by atoms with Crippen molar-refractivity contribution >= 4 is 19.5 Å². The zero-order chi connectivity index (χ0) is 24.8. The fraction of sp³-hybridized carbons (Fsp3) is 0.348. The van der Waals surface area contributed by atoms with Crippen LogP contribution in [-0.4, -0.2) is 28.5 Å². The number of carbonyl (C=O) groups is 1. The van der Waals surface area contributed by atoms with E-state index in [2.05, 4.69) is 20.3 Å². The SMILES string of the molecule is Nc1c(-c2cc(Cc3ccc(CNC4CCCCNC4=O)cc3)no2)ccc[n+]1COP(=O)([O-])O. The summed E-state index contributed by atoms with van der Waals surface area (Å²) in [5.41, 5.74) is 9.45. The number of hydrogen-bond acceptors (Lipinski definition) is 8. The smallest absolute Gasteiger partial charge is 0.285 e. The van der Waals surface area contributed by atoms with Crippen molar-refractivity contribution in [2.75, 3.05) is 12.3 Å². The summed E-state index contributed by atoms with van der Waals surface area (Å²) >= 11 is 0. The lowest BCUT2D eigenvalue weighted by molar-refractivity contribution is -0.712. The van der Waals surface area contributed by atoms with Gasteiger partial charge in [-0.3, -0.25) is 19.6 Å². The van der Waals surface area contributed by atoms with E-state index in [0.717, 1.165) is 36.9 Å². The highest BCUT2D eigenvalue weighted by atomic mass is 31.2. The third kappa shape index (κ3) is 6.97. The highest BCUT2D eigenvalue weighted by molar-refractivity contribution is 7.44. The predicted octanol–water partition coefficient (Wildman–Crippen LogP) is 0.995. The summed E-state index contributed by atoms with van der Waals surface area (Å²) in [5.74, 6) is 0.684. The molecule has 1 aliphatic rings. The average molecular weight is 501 g/mol. The van der Waals surface area contributed by atoms with Crippen molar-refractivity contribution in [3.05, 3.63) is 65.5 Å². The van der Waals surface area contributed by atoms with Gasteiger partial charge in [-0.2, -0.15) is 0 Å². The molecular formula is C23H28N5O6P. The van der Waals surface area contributed by atoms with Crippen molar-refractivity contribution in [2.24, 2.45) is 0 Å². The van der Waals surface area contributed by atoms with Gasteiger partial charge in [-0.25, -0.2) is 4.57 Å². The molecule has 11 nitrogen and oxygen atoms in total. The number of nitrogen functional groups attached to an aromatic ring is 1. The minimum atomic E-state index is -4.88. The van der Waals surface area contributed by atoms with Crippen LogP contribution in [0, 0.1) is 0 Å². The molecule has 2 aromatic heterocycles. The van der Waals surface area contributed by atoms with E-state index in [0.29, 0.717) is 30.0 Å². The molecule has 3 heterocycles. The van der Waals surface area contributed by atoms with Crippen LogP contribution in [0.4, 0.5) is 5.82 Å². The second-order valence-electron chi connectivity index (χ2n) is 8.40. The lowest BCUT2D eigenvalue weighted by atomic mass is 10.1. The Kier molecular flexibility index (Phi) is 7.94. The van der Waals surface area contributed by atoms with Gasteiger partial charge in [0.2, 0.25) is 5.91 Å². The van der Waals surface area contributed by atoms with Crippen LogP contribution in [0.25, 0.3) is 11.3 Å². The topological polar surface area (TPSA) is 167 Å². The number of nitrogens with zero attached hydrogens (tertiary/aromatic N) is 2. The van der Waals surface area contributed by atoms with Gasteiger partial charge in [-0.1, -0.05) is 29.4 Å². The molecule has 2 unspecified atom stereocenters. The lowest BCUT2D eigenvalue weighted by Gasteiger charge is -2.15. The zero-order valence-electron chi connectivity index (χ0n) is 19.1. The first-order valence-corrected chi connectivity index (χ1v) is 12.8. The molecule has 35 heavy (non-hydrogen) atoms. The number of hydrogen-bond donors (Lipinski definition) is 4. The lowest BCUT2D eigenvalue weighted by Crippen LogP contribution is -2.42. The molecule has 1 fully saturated rings. The molecule has 0 spiro atoms. The second-order valence-corrected chi connectivity index (χ2v) is 9.60. The van der Waals surface area contributed by atoms with Crippen LogP contribution < -0.4 is 25.8 Å². The first kappa shape index (κ1) is 25.0. The highest BCUT2D eigenvalue weighted by Crippen LogP contribution is 2.30. The van der Waals surface area contributed by atoms with E-state index < -0.39 is 14.6 Å². The summed E-state index contributed by atoms with van der Waals surface area (Å²) in [5, 5.41) is 10.4. The standard InChI is InChI=1S/C23H28N5O6P/c24-22-19(4-3-11-28(22)15-33-35(30,31)32)21-13-18(27-34-21)12-16-6-8-17(9-7-16)14-26-20-5-1-2-10-25-23(20)29/h3-4,6-9,11,13,20,24,26H,1-2,5,10,12,14-15H2,(H3,25,29,30,31,32). The summed E-state index contributed by atoms with van der Waals surface area (Å²) in [6.45, 7) is 0.890. The van der Waals surface area contributed by atoms with Gasteiger partial charge in [-0.05, 0) is 42.5 Å². The number of carbonyl (C=O) groups excluding carboxylic acids is 1. The van der Waals surface area contributed by atoms with E-state index in [-0.39, 0.29) is 17.8 Å². The van der Waals surface area contributed by atoms with Gasteiger partial charge in [0.15, 0.2) is 12.5 Å². The molecule has 3 aromatic rings. The van der Waals surface area contributed by atoms with Gasteiger partial charge in [-0.15, -0.1) is 0 Å². The average Bonchev–Trinajstić information content (AvgIpc) is 3.18. The highest BCUT2D eigenvalue weighted by Gasteiger charge is 2.20. The van der Waals surface area contributed by atoms with Crippen molar-refractivity contribution < 1.29 is 32.8 Å². The molecule has 4 rings (SSSR count). The first-order chi connectivity index (χ1) is 16.8. The molecular weight excluding hydrogens is 473 g/mol. The van der Waals surface area contributed by atoms with Gasteiger partial charge < -0.3 is 24.9 Å². The molecule has 12 heteroatoms. The normalized spacial score (nSPS) is 18.0. The monoisotopic (exact) mass is 501 g/mol. The maximum atomic E-state index is 12.1. The molecule has 0 radical (unpaired) electrons. The van der Waals surface area contributed by atoms with Crippen LogP contribution in [0.5, 0.6) is 0 Å². The fourth-order valence-electron chi connectivity index (χ4n) is 3.90. The van der Waals surface area contributed by atoms with Gasteiger partial charge >= 0.3 is 0 Å². The second kappa shape index (κ2) is 11.1. The summed E-state index contributed by atoms with van der Waals surface area (Å²) < 4.78 is 22.1. The quantitative estimate of drug-likeness (QED) is 0.247. The number of amides is 1. The summed E-state index contributed by atoms with van der Waals surface area (Å²) in [7, 11) is -4.88. The number of phosphoric ester groups is 1. The molecule has 0 aliphatic carbocycles. The minimum Gasteiger partial charge on any atom is -0.756 e.